The van der Waals surface area contributed by atoms with Crippen molar-refractivity contribution in [2.75, 3.05) is 12.3 Å². The molecule has 0 amide bonds. The van der Waals surface area contributed by atoms with E-state index in [0.717, 1.165) is 5.56 Å². The molecular weight excluding hydrogens is 305 g/mol. The molecule has 0 saturated heterocycles. The minimum atomic E-state index is -3.53. The maximum absolute atomic E-state index is 13.5. The first kappa shape index (κ1) is 16.6. The monoisotopic (exact) mass is 323 g/mol. The summed E-state index contributed by atoms with van der Waals surface area (Å²) in [5.74, 6) is -0.639. The van der Waals surface area contributed by atoms with E-state index in [9.17, 15) is 17.9 Å². The number of aliphatic hydroxyl groups is 1. The number of halogens is 1. The number of aliphatic hydroxyl groups excluding tert-OH is 1. The zero-order valence-electron chi connectivity index (χ0n) is 11.9. The summed E-state index contributed by atoms with van der Waals surface area (Å²) in [4.78, 5) is 0. The van der Waals surface area contributed by atoms with Gasteiger partial charge in [0.2, 0.25) is 10.0 Å². The molecule has 2 aromatic rings. The number of rotatable bonds is 7. The molecule has 0 unspecified atom stereocenters. The molecule has 22 heavy (non-hydrogen) atoms. The van der Waals surface area contributed by atoms with Crippen LogP contribution in [0, 0.1) is 5.82 Å². The molecule has 0 spiro atoms. The number of aryl methyl sites for hydroxylation is 1. The minimum absolute atomic E-state index is 0.0771. The third-order valence-corrected chi connectivity index (χ3v) is 4.61. The van der Waals surface area contributed by atoms with Crippen molar-refractivity contribution in [3.63, 3.8) is 0 Å². The van der Waals surface area contributed by atoms with Gasteiger partial charge in [0.05, 0.1) is 11.9 Å². The van der Waals surface area contributed by atoms with Crippen molar-refractivity contribution < 1.29 is 17.9 Å². The molecule has 2 aromatic carbocycles. The Morgan fingerprint density at radius 2 is 1.68 bits per heavy atom. The normalized spacial score (nSPS) is 13.0. The van der Waals surface area contributed by atoms with Crippen LogP contribution < -0.4 is 4.72 Å². The standard InChI is InChI=1S/C16H18FNO3S/c17-15-9-5-4-8-14(15)16(19)12-18-22(20,21)11-10-13-6-2-1-3-7-13/h1-9,16,18-19H,10-12H2/t16-/m1/s1. The van der Waals surface area contributed by atoms with Gasteiger partial charge < -0.3 is 5.11 Å². The Hall–Kier alpha value is -1.76. The molecule has 0 aliphatic heterocycles. The van der Waals surface area contributed by atoms with Crippen LogP contribution in [0.15, 0.2) is 54.6 Å². The highest BCUT2D eigenvalue weighted by atomic mass is 32.2. The summed E-state index contributed by atoms with van der Waals surface area (Å²) in [6.07, 6.45) is -0.834. The van der Waals surface area contributed by atoms with Crippen LogP contribution in [-0.4, -0.2) is 25.8 Å². The fraction of sp³-hybridized carbons (Fsp3) is 0.250. The van der Waals surface area contributed by atoms with E-state index in [1.165, 1.54) is 18.2 Å². The fourth-order valence-corrected chi connectivity index (χ4v) is 3.09. The third kappa shape index (κ3) is 4.91. The Kier molecular flexibility index (Phi) is 5.65. The summed E-state index contributed by atoms with van der Waals surface area (Å²) in [7, 11) is -3.53. The third-order valence-electron chi connectivity index (χ3n) is 3.26. The Labute approximate surface area is 129 Å². The molecule has 0 aliphatic rings. The highest BCUT2D eigenvalue weighted by Crippen LogP contribution is 2.15. The van der Waals surface area contributed by atoms with Crippen molar-refractivity contribution in [3.8, 4) is 0 Å². The van der Waals surface area contributed by atoms with Crippen molar-refractivity contribution >= 4 is 10.0 Å². The highest BCUT2D eigenvalue weighted by Gasteiger charge is 2.16. The van der Waals surface area contributed by atoms with Gasteiger partial charge in [0, 0.05) is 12.1 Å². The van der Waals surface area contributed by atoms with E-state index in [4.69, 9.17) is 0 Å². The van der Waals surface area contributed by atoms with E-state index in [0.29, 0.717) is 6.42 Å². The molecule has 6 heteroatoms. The smallest absolute Gasteiger partial charge is 0.212 e. The summed E-state index contributed by atoms with van der Waals surface area (Å²) in [5, 5.41) is 9.88. The maximum Gasteiger partial charge on any atom is 0.212 e. The van der Waals surface area contributed by atoms with Gasteiger partial charge in [0.1, 0.15) is 5.82 Å². The molecule has 2 N–H and O–H groups in total. The number of sulfonamides is 1. The van der Waals surface area contributed by atoms with Crippen LogP contribution in [0.25, 0.3) is 0 Å². The van der Waals surface area contributed by atoms with Crippen molar-refractivity contribution in [1.82, 2.24) is 4.72 Å². The highest BCUT2D eigenvalue weighted by molar-refractivity contribution is 7.89. The average molecular weight is 323 g/mol. The predicted molar refractivity (Wildman–Crippen MR) is 83.3 cm³/mol. The first-order chi connectivity index (χ1) is 10.5. The lowest BCUT2D eigenvalue weighted by Gasteiger charge is -2.13. The summed E-state index contributed by atoms with van der Waals surface area (Å²) in [6.45, 7) is -0.252. The van der Waals surface area contributed by atoms with E-state index in [1.54, 1.807) is 6.07 Å². The molecule has 1 atom stereocenters. The van der Waals surface area contributed by atoms with Gasteiger partial charge in [-0.1, -0.05) is 48.5 Å². The molecule has 0 heterocycles. The van der Waals surface area contributed by atoms with Gasteiger partial charge in [-0.15, -0.1) is 0 Å². The second-order valence-corrected chi connectivity index (χ2v) is 6.87. The van der Waals surface area contributed by atoms with E-state index in [1.807, 2.05) is 30.3 Å². The molecular formula is C16H18FNO3S. The Morgan fingerprint density at radius 1 is 1.05 bits per heavy atom. The number of hydrogen-bond acceptors (Lipinski definition) is 3. The van der Waals surface area contributed by atoms with Gasteiger partial charge in [-0.05, 0) is 18.1 Å². The molecule has 0 bridgehead atoms. The van der Waals surface area contributed by atoms with Gasteiger partial charge in [0.25, 0.3) is 0 Å². The summed E-state index contributed by atoms with van der Waals surface area (Å²) >= 11 is 0. The molecule has 2 rings (SSSR count). The molecule has 0 radical (unpaired) electrons. The van der Waals surface area contributed by atoms with Crippen LogP contribution in [0.2, 0.25) is 0 Å². The van der Waals surface area contributed by atoms with E-state index < -0.39 is 21.9 Å². The number of nitrogens with one attached hydrogen (secondary N) is 1. The lowest BCUT2D eigenvalue weighted by atomic mass is 10.1. The number of benzene rings is 2. The van der Waals surface area contributed by atoms with Gasteiger partial charge in [-0.2, -0.15) is 0 Å². The van der Waals surface area contributed by atoms with Crippen molar-refractivity contribution in [2.45, 2.75) is 12.5 Å². The summed E-state index contributed by atoms with van der Waals surface area (Å²) in [5.41, 5.74) is 0.996. The average Bonchev–Trinajstić information content (AvgIpc) is 2.52. The maximum atomic E-state index is 13.5. The number of hydrogen-bond donors (Lipinski definition) is 2. The zero-order chi connectivity index (χ0) is 16.0. The molecule has 0 aliphatic carbocycles. The van der Waals surface area contributed by atoms with E-state index in [2.05, 4.69) is 4.72 Å². The lowest BCUT2D eigenvalue weighted by molar-refractivity contribution is 0.177. The quantitative estimate of drug-likeness (QED) is 0.819. The lowest BCUT2D eigenvalue weighted by Crippen LogP contribution is -2.31. The van der Waals surface area contributed by atoms with Crippen molar-refractivity contribution in [3.05, 3.63) is 71.5 Å². The molecule has 0 fully saturated rings. The largest absolute Gasteiger partial charge is 0.387 e. The molecule has 4 nitrogen and oxygen atoms in total. The zero-order valence-corrected chi connectivity index (χ0v) is 12.8. The fourth-order valence-electron chi connectivity index (χ4n) is 2.03. The van der Waals surface area contributed by atoms with E-state index >= 15 is 0 Å². The van der Waals surface area contributed by atoms with Crippen molar-refractivity contribution in [1.29, 1.82) is 0 Å². The Balaban J connectivity index is 1.88. The van der Waals surface area contributed by atoms with Crippen LogP contribution in [-0.2, 0) is 16.4 Å². The molecule has 118 valence electrons. The topological polar surface area (TPSA) is 66.4 Å². The van der Waals surface area contributed by atoms with Crippen molar-refractivity contribution in [2.24, 2.45) is 0 Å². The van der Waals surface area contributed by atoms with Gasteiger partial charge in [-0.3, -0.25) is 0 Å². The minimum Gasteiger partial charge on any atom is -0.387 e. The second-order valence-electron chi connectivity index (χ2n) is 4.94. The SMILES string of the molecule is O=S(=O)(CCc1ccccc1)NC[C@@H](O)c1ccccc1F. The van der Waals surface area contributed by atoms with Gasteiger partial charge in [0.15, 0.2) is 0 Å². The van der Waals surface area contributed by atoms with E-state index in [-0.39, 0.29) is 17.9 Å². The van der Waals surface area contributed by atoms with Gasteiger partial charge in [-0.25, -0.2) is 17.5 Å². The van der Waals surface area contributed by atoms with Crippen LogP contribution in [0.5, 0.6) is 0 Å². The Bertz CT molecular complexity index is 704. The molecule has 0 saturated carbocycles. The summed E-state index contributed by atoms with van der Waals surface area (Å²) < 4.78 is 39.6. The Morgan fingerprint density at radius 3 is 2.36 bits per heavy atom. The van der Waals surface area contributed by atoms with Crippen LogP contribution >= 0.6 is 0 Å². The van der Waals surface area contributed by atoms with Gasteiger partial charge >= 0.3 is 0 Å². The van der Waals surface area contributed by atoms with Crippen LogP contribution in [0.1, 0.15) is 17.2 Å². The second kappa shape index (κ2) is 7.49. The summed E-state index contributed by atoms with van der Waals surface area (Å²) in [6, 6.07) is 15.0. The predicted octanol–water partition coefficient (Wildman–Crippen LogP) is 2.02. The first-order valence-electron chi connectivity index (χ1n) is 6.92. The first-order valence-corrected chi connectivity index (χ1v) is 8.57. The van der Waals surface area contributed by atoms with Crippen LogP contribution in [0.3, 0.4) is 0 Å². The molecule has 0 aromatic heterocycles. The van der Waals surface area contributed by atoms with Crippen LogP contribution in [0.4, 0.5) is 4.39 Å².